The topological polar surface area (TPSA) is 63.8 Å². The van der Waals surface area contributed by atoms with Crippen LogP contribution in [0.15, 0.2) is 59.4 Å². The number of hydrogen-bond donors (Lipinski definition) is 1. The van der Waals surface area contributed by atoms with E-state index in [1.807, 2.05) is 12.1 Å². The molecule has 2 aliphatic carbocycles. The van der Waals surface area contributed by atoms with Crippen molar-refractivity contribution in [2.24, 2.45) is 0 Å². The molecule has 0 amide bonds. The number of nitrogens with one attached hydrogen (secondary N) is 1. The Bertz CT molecular complexity index is 873. The van der Waals surface area contributed by atoms with Gasteiger partial charge in [0, 0.05) is 36.3 Å². The lowest BCUT2D eigenvalue weighted by Gasteiger charge is -2.39. The minimum Gasteiger partial charge on any atom is -0.334 e. The number of nitrogens with zero attached hydrogens (tertiary/aromatic N) is 3. The summed E-state index contributed by atoms with van der Waals surface area (Å²) in [6, 6.07) is 15.2. The van der Waals surface area contributed by atoms with E-state index in [0.717, 1.165) is 30.8 Å². The van der Waals surface area contributed by atoms with E-state index in [1.165, 1.54) is 18.4 Å². The first-order valence-corrected chi connectivity index (χ1v) is 9.37. The highest BCUT2D eigenvalue weighted by atomic mass is 16.5. The van der Waals surface area contributed by atoms with Gasteiger partial charge < -0.3 is 9.84 Å². The summed E-state index contributed by atoms with van der Waals surface area (Å²) in [5.41, 5.74) is 2.33. The molecule has 2 aromatic heterocycles. The van der Waals surface area contributed by atoms with Crippen LogP contribution in [0.4, 0.5) is 0 Å². The van der Waals surface area contributed by atoms with E-state index in [0.29, 0.717) is 17.9 Å². The maximum atomic E-state index is 5.52. The first-order valence-electron chi connectivity index (χ1n) is 9.37. The van der Waals surface area contributed by atoms with E-state index in [2.05, 4.69) is 45.8 Å². The molecule has 5 heteroatoms. The van der Waals surface area contributed by atoms with E-state index < -0.39 is 0 Å². The number of benzene rings is 1. The lowest BCUT2D eigenvalue weighted by molar-refractivity contribution is 0.211. The quantitative estimate of drug-likeness (QED) is 0.737. The van der Waals surface area contributed by atoms with Crippen molar-refractivity contribution in [2.75, 3.05) is 6.54 Å². The molecule has 0 saturated heterocycles. The third kappa shape index (κ3) is 2.82. The number of pyridine rings is 1. The van der Waals surface area contributed by atoms with Crippen LogP contribution in [0.3, 0.4) is 0 Å². The summed E-state index contributed by atoms with van der Waals surface area (Å²) in [4.78, 5) is 8.82. The molecule has 2 aliphatic rings. The van der Waals surface area contributed by atoms with Crippen LogP contribution < -0.4 is 5.32 Å². The third-order valence-corrected chi connectivity index (χ3v) is 5.84. The molecule has 0 radical (unpaired) electrons. The Labute approximate surface area is 152 Å². The molecule has 5 rings (SSSR count). The van der Waals surface area contributed by atoms with E-state index >= 15 is 0 Å². The second kappa shape index (κ2) is 6.32. The summed E-state index contributed by atoms with van der Waals surface area (Å²) in [5, 5.41) is 8.07. The Hall–Kier alpha value is -2.53. The fourth-order valence-corrected chi connectivity index (χ4v) is 3.94. The zero-order valence-electron chi connectivity index (χ0n) is 14.6. The Balaban J connectivity index is 1.27. The molecular formula is C21H22N4O. The summed E-state index contributed by atoms with van der Waals surface area (Å²) >= 11 is 0. The molecule has 1 N–H and O–H groups in total. The third-order valence-electron chi connectivity index (χ3n) is 5.84. The molecule has 0 aliphatic heterocycles. The van der Waals surface area contributed by atoms with Crippen molar-refractivity contribution < 1.29 is 4.52 Å². The standard InChI is InChI=1S/C21H22N4O/c1-2-6-15(7-3-1)17-12-18(17)23-14-21(9-5-10-21)20-24-19(26-25-20)16-8-4-11-22-13-16/h1-4,6-8,11,13,17-18,23H,5,9-10,12,14H2/t17-,18+/m1/s1. The molecule has 2 heterocycles. The highest BCUT2D eigenvalue weighted by molar-refractivity contribution is 5.50. The molecule has 2 saturated carbocycles. The SMILES string of the molecule is c1ccc([C@H]2C[C@@H]2NCC2(c3noc(-c4cccnc4)n3)CCC2)cc1. The Morgan fingerprint density at radius 3 is 2.73 bits per heavy atom. The van der Waals surface area contributed by atoms with Gasteiger partial charge in [-0.2, -0.15) is 4.98 Å². The van der Waals surface area contributed by atoms with Crippen molar-refractivity contribution >= 4 is 0 Å². The van der Waals surface area contributed by atoms with Gasteiger partial charge in [0.1, 0.15) is 0 Å². The fraction of sp³-hybridized carbons (Fsp3) is 0.381. The maximum absolute atomic E-state index is 5.52. The first-order chi connectivity index (χ1) is 12.8. The summed E-state index contributed by atoms with van der Waals surface area (Å²) in [7, 11) is 0. The number of rotatable bonds is 6. The Kier molecular flexibility index (Phi) is 3.82. The highest BCUT2D eigenvalue weighted by Crippen LogP contribution is 2.45. The first kappa shape index (κ1) is 15.7. The molecule has 2 atom stereocenters. The van der Waals surface area contributed by atoms with Gasteiger partial charge in [-0.25, -0.2) is 0 Å². The Morgan fingerprint density at radius 1 is 1.12 bits per heavy atom. The lowest BCUT2D eigenvalue weighted by Crippen LogP contribution is -2.45. The van der Waals surface area contributed by atoms with Gasteiger partial charge in [0.05, 0.1) is 5.56 Å². The van der Waals surface area contributed by atoms with Gasteiger partial charge in [0.25, 0.3) is 5.89 Å². The van der Waals surface area contributed by atoms with Gasteiger partial charge in [-0.05, 0) is 37.0 Å². The molecule has 26 heavy (non-hydrogen) atoms. The predicted molar refractivity (Wildman–Crippen MR) is 98.6 cm³/mol. The van der Waals surface area contributed by atoms with Crippen LogP contribution in [0.1, 0.15) is 43.0 Å². The molecule has 0 unspecified atom stereocenters. The predicted octanol–water partition coefficient (Wildman–Crippen LogP) is 3.70. The molecule has 2 fully saturated rings. The average Bonchev–Trinajstić information content (AvgIpc) is 3.28. The van der Waals surface area contributed by atoms with Crippen molar-refractivity contribution in [3.63, 3.8) is 0 Å². The van der Waals surface area contributed by atoms with Crippen molar-refractivity contribution in [3.05, 3.63) is 66.2 Å². The second-order valence-corrected chi connectivity index (χ2v) is 7.54. The van der Waals surface area contributed by atoms with Gasteiger partial charge >= 0.3 is 0 Å². The van der Waals surface area contributed by atoms with Crippen LogP contribution in [0.25, 0.3) is 11.5 Å². The number of hydrogen-bond acceptors (Lipinski definition) is 5. The van der Waals surface area contributed by atoms with Crippen LogP contribution in [-0.2, 0) is 5.41 Å². The zero-order valence-corrected chi connectivity index (χ0v) is 14.6. The molecule has 1 aromatic carbocycles. The maximum Gasteiger partial charge on any atom is 0.259 e. The summed E-state index contributed by atoms with van der Waals surface area (Å²) < 4.78 is 5.52. The monoisotopic (exact) mass is 346 g/mol. The van der Waals surface area contributed by atoms with Gasteiger partial charge in [-0.3, -0.25) is 4.98 Å². The minimum atomic E-state index is 0.0216. The van der Waals surface area contributed by atoms with Gasteiger partial charge in [-0.1, -0.05) is 41.9 Å². The summed E-state index contributed by atoms with van der Waals surface area (Å²) in [6.07, 6.45) is 8.19. The van der Waals surface area contributed by atoms with E-state index in [1.54, 1.807) is 12.4 Å². The van der Waals surface area contributed by atoms with Crippen molar-refractivity contribution in [1.29, 1.82) is 0 Å². The second-order valence-electron chi connectivity index (χ2n) is 7.54. The molecule has 0 bridgehead atoms. The highest BCUT2D eigenvalue weighted by Gasteiger charge is 2.46. The van der Waals surface area contributed by atoms with Gasteiger partial charge in [-0.15, -0.1) is 0 Å². The van der Waals surface area contributed by atoms with Crippen molar-refractivity contribution in [3.8, 4) is 11.5 Å². The summed E-state index contributed by atoms with van der Waals surface area (Å²) in [5.74, 6) is 2.05. The lowest BCUT2D eigenvalue weighted by atomic mass is 9.68. The normalized spacial score (nSPS) is 23.4. The van der Waals surface area contributed by atoms with Gasteiger partial charge in [0.2, 0.25) is 0 Å². The molecule has 5 nitrogen and oxygen atoms in total. The van der Waals surface area contributed by atoms with Crippen LogP contribution in [0.2, 0.25) is 0 Å². The van der Waals surface area contributed by atoms with Crippen LogP contribution in [0, 0.1) is 0 Å². The van der Waals surface area contributed by atoms with Crippen LogP contribution in [0.5, 0.6) is 0 Å². The van der Waals surface area contributed by atoms with Crippen molar-refractivity contribution in [1.82, 2.24) is 20.4 Å². The molecular weight excluding hydrogens is 324 g/mol. The fourth-order valence-electron chi connectivity index (χ4n) is 3.94. The summed E-state index contributed by atoms with van der Waals surface area (Å²) in [6.45, 7) is 0.924. The zero-order chi connectivity index (χ0) is 17.4. The van der Waals surface area contributed by atoms with E-state index in [-0.39, 0.29) is 5.41 Å². The Morgan fingerprint density at radius 2 is 2.00 bits per heavy atom. The average molecular weight is 346 g/mol. The van der Waals surface area contributed by atoms with Crippen LogP contribution in [-0.4, -0.2) is 27.7 Å². The smallest absolute Gasteiger partial charge is 0.259 e. The molecule has 132 valence electrons. The molecule has 0 spiro atoms. The van der Waals surface area contributed by atoms with Crippen molar-refractivity contribution in [2.45, 2.75) is 43.1 Å². The number of aromatic nitrogens is 3. The largest absolute Gasteiger partial charge is 0.334 e. The molecule has 3 aromatic rings. The van der Waals surface area contributed by atoms with E-state index in [4.69, 9.17) is 9.51 Å². The minimum absolute atomic E-state index is 0.0216. The van der Waals surface area contributed by atoms with Gasteiger partial charge in [0.15, 0.2) is 5.82 Å². The van der Waals surface area contributed by atoms with Crippen LogP contribution >= 0.6 is 0 Å². The van der Waals surface area contributed by atoms with E-state index in [9.17, 15) is 0 Å².